The monoisotopic (exact) mass is 397 g/mol. The number of nitrogens with zero attached hydrogens (tertiary/aromatic N) is 4. The molecular formula is C22H31N5O2. The van der Waals surface area contributed by atoms with Gasteiger partial charge >= 0.3 is 6.09 Å². The largest absolute Gasteiger partial charge is 0.444 e. The maximum absolute atomic E-state index is 12.5. The van der Waals surface area contributed by atoms with Crippen LogP contribution in [-0.2, 0) is 4.74 Å². The number of amides is 1. The molecule has 7 heteroatoms. The number of likely N-dealkylation sites (N-methyl/N-ethyl adjacent to an activating group) is 1. The first-order valence-electron chi connectivity index (χ1n) is 10.5. The number of carbonyl (C=O) groups excluding carboxylic acids is 1. The molecule has 1 N–H and O–H groups in total. The lowest BCUT2D eigenvalue weighted by atomic mass is 10.0. The highest BCUT2D eigenvalue weighted by Crippen LogP contribution is 2.32. The molecule has 1 aromatic heterocycles. The van der Waals surface area contributed by atoms with E-state index in [4.69, 9.17) is 14.7 Å². The van der Waals surface area contributed by atoms with Crippen LogP contribution in [0.5, 0.6) is 0 Å². The molecule has 2 heterocycles. The summed E-state index contributed by atoms with van der Waals surface area (Å²) in [6, 6.07) is 8.56. The van der Waals surface area contributed by atoms with E-state index in [1.54, 1.807) is 4.90 Å². The molecule has 0 bridgehead atoms. The number of para-hydroxylation sites is 2. The molecule has 1 saturated carbocycles. The Labute approximate surface area is 172 Å². The van der Waals surface area contributed by atoms with Crippen molar-refractivity contribution in [3.05, 3.63) is 24.3 Å². The van der Waals surface area contributed by atoms with E-state index in [1.807, 2.05) is 52.1 Å². The Morgan fingerprint density at radius 2 is 1.86 bits per heavy atom. The zero-order valence-corrected chi connectivity index (χ0v) is 17.8. The fraction of sp³-hybridized carbons (Fsp3) is 0.591. The van der Waals surface area contributed by atoms with Crippen LogP contribution in [-0.4, -0.2) is 58.8 Å². The van der Waals surface area contributed by atoms with Gasteiger partial charge in [-0.2, -0.15) is 0 Å². The molecule has 4 rings (SSSR count). The minimum absolute atomic E-state index is 0.0839. The highest BCUT2D eigenvalue weighted by atomic mass is 16.6. The maximum Gasteiger partial charge on any atom is 0.410 e. The van der Waals surface area contributed by atoms with Gasteiger partial charge in [-0.15, -0.1) is 0 Å². The molecule has 2 aliphatic rings. The summed E-state index contributed by atoms with van der Waals surface area (Å²) >= 11 is 0. The second kappa shape index (κ2) is 7.69. The van der Waals surface area contributed by atoms with E-state index in [1.165, 1.54) is 12.8 Å². The Morgan fingerprint density at radius 3 is 2.52 bits per heavy atom. The van der Waals surface area contributed by atoms with Crippen LogP contribution in [0, 0.1) is 0 Å². The molecule has 1 saturated heterocycles. The van der Waals surface area contributed by atoms with Gasteiger partial charge in [-0.1, -0.05) is 12.1 Å². The smallest absolute Gasteiger partial charge is 0.410 e. The summed E-state index contributed by atoms with van der Waals surface area (Å²) in [4.78, 5) is 26.3. The van der Waals surface area contributed by atoms with Gasteiger partial charge in [0.05, 0.1) is 17.1 Å². The van der Waals surface area contributed by atoms with E-state index in [0.717, 1.165) is 48.6 Å². The van der Waals surface area contributed by atoms with Gasteiger partial charge < -0.3 is 19.9 Å². The van der Waals surface area contributed by atoms with Crippen LogP contribution < -0.4 is 10.2 Å². The van der Waals surface area contributed by atoms with Gasteiger partial charge in [-0.3, -0.25) is 0 Å². The predicted octanol–water partition coefficient (Wildman–Crippen LogP) is 4.04. The first-order valence-corrected chi connectivity index (χ1v) is 10.5. The number of aromatic nitrogens is 2. The Bertz CT molecular complexity index is 890. The number of nitrogens with one attached hydrogen (secondary N) is 1. The van der Waals surface area contributed by atoms with Crippen molar-refractivity contribution in [1.82, 2.24) is 14.9 Å². The number of anilines is 2. The van der Waals surface area contributed by atoms with Gasteiger partial charge in [0.15, 0.2) is 11.6 Å². The molecule has 1 aliphatic heterocycles. The number of carbonyl (C=O) groups is 1. The number of hydrogen-bond donors (Lipinski definition) is 1. The Morgan fingerprint density at radius 1 is 1.17 bits per heavy atom. The molecule has 156 valence electrons. The van der Waals surface area contributed by atoms with Gasteiger partial charge in [0.2, 0.25) is 0 Å². The summed E-state index contributed by atoms with van der Waals surface area (Å²) in [6.07, 6.45) is 4.04. The number of ether oxygens (including phenoxy) is 1. The normalized spacial score (nSPS) is 19.9. The molecule has 1 aromatic carbocycles. The summed E-state index contributed by atoms with van der Waals surface area (Å²) in [5.74, 6) is 1.74. The molecule has 2 fully saturated rings. The topological polar surface area (TPSA) is 70.6 Å². The minimum Gasteiger partial charge on any atom is -0.444 e. The van der Waals surface area contributed by atoms with E-state index < -0.39 is 5.60 Å². The summed E-state index contributed by atoms with van der Waals surface area (Å²) in [5, 5.41) is 3.55. The third-order valence-corrected chi connectivity index (χ3v) is 5.40. The number of hydrogen-bond acceptors (Lipinski definition) is 6. The highest BCUT2D eigenvalue weighted by Gasteiger charge is 2.32. The molecule has 1 amide bonds. The maximum atomic E-state index is 12.5. The molecule has 1 aliphatic carbocycles. The molecule has 0 radical (unpaired) electrons. The Kier molecular flexibility index (Phi) is 5.23. The first kappa shape index (κ1) is 19.7. The fourth-order valence-corrected chi connectivity index (χ4v) is 3.68. The third-order valence-electron chi connectivity index (χ3n) is 5.40. The van der Waals surface area contributed by atoms with E-state index in [-0.39, 0.29) is 12.1 Å². The number of piperidine rings is 1. The van der Waals surface area contributed by atoms with Crippen molar-refractivity contribution >= 4 is 28.8 Å². The average molecular weight is 398 g/mol. The fourth-order valence-electron chi connectivity index (χ4n) is 3.68. The summed E-state index contributed by atoms with van der Waals surface area (Å²) in [5.41, 5.74) is 1.30. The molecular weight excluding hydrogens is 366 g/mol. The van der Waals surface area contributed by atoms with Crippen LogP contribution in [0.1, 0.15) is 46.5 Å². The van der Waals surface area contributed by atoms with Crippen LogP contribution in [0.25, 0.3) is 11.0 Å². The van der Waals surface area contributed by atoms with Crippen molar-refractivity contribution in [3.63, 3.8) is 0 Å². The van der Waals surface area contributed by atoms with E-state index in [0.29, 0.717) is 6.04 Å². The summed E-state index contributed by atoms with van der Waals surface area (Å²) in [7, 11) is 1.83. The zero-order valence-electron chi connectivity index (χ0n) is 17.8. The van der Waals surface area contributed by atoms with Crippen molar-refractivity contribution in [2.75, 3.05) is 30.4 Å². The SMILES string of the molecule is CN(C(=O)OC(C)(C)C)[C@@H]1CCCN(c2nc3ccccc3nc2NC2CC2)C1. The second-order valence-electron chi connectivity index (χ2n) is 9.14. The van der Waals surface area contributed by atoms with Crippen molar-refractivity contribution < 1.29 is 9.53 Å². The lowest BCUT2D eigenvalue weighted by molar-refractivity contribution is 0.0209. The Balaban J connectivity index is 1.57. The molecule has 0 spiro atoms. The van der Waals surface area contributed by atoms with E-state index in [9.17, 15) is 4.79 Å². The molecule has 7 nitrogen and oxygen atoms in total. The van der Waals surface area contributed by atoms with Crippen molar-refractivity contribution in [2.45, 2.75) is 64.1 Å². The molecule has 0 unspecified atom stereocenters. The predicted molar refractivity (Wildman–Crippen MR) is 115 cm³/mol. The average Bonchev–Trinajstić information content (AvgIpc) is 3.49. The molecule has 1 atom stereocenters. The molecule has 29 heavy (non-hydrogen) atoms. The van der Waals surface area contributed by atoms with E-state index >= 15 is 0 Å². The van der Waals surface area contributed by atoms with E-state index in [2.05, 4.69) is 10.2 Å². The quantitative estimate of drug-likeness (QED) is 0.840. The summed E-state index contributed by atoms with van der Waals surface area (Å²) in [6.45, 7) is 7.32. The Hall–Kier alpha value is -2.57. The van der Waals surface area contributed by atoms with Crippen LogP contribution in [0.4, 0.5) is 16.4 Å². The van der Waals surface area contributed by atoms with Crippen LogP contribution in [0.15, 0.2) is 24.3 Å². The van der Waals surface area contributed by atoms with Crippen LogP contribution >= 0.6 is 0 Å². The van der Waals surface area contributed by atoms with Gasteiger partial charge in [-0.05, 0) is 58.6 Å². The van der Waals surface area contributed by atoms with Gasteiger partial charge in [-0.25, -0.2) is 14.8 Å². The van der Waals surface area contributed by atoms with Gasteiger partial charge in [0.1, 0.15) is 5.60 Å². The van der Waals surface area contributed by atoms with Gasteiger partial charge in [0, 0.05) is 26.2 Å². The minimum atomic E-state index is -0.495. The van der Waals surface area contributed by atoms with Crippen LogP contribution in [0.2, 0.25) is 0 Å². The lowest BCUT2D eigenvalue weighted by Gasteiger charge is -2.39. The summed E-state index contributed by atoms with van der Waals surface area (Å²) < 4.78 is 5.56. The van der Waals surface area contributed by atoms with Crippen molar-refractivity contribution in [3.8, 4) is 0 Å². The third kappa shape index (κ3) is 4.71. The number of fused-ring (bicyclic) bond motifs is 1. The highest BCUT2D eigenvalue weighted by molar-refractivity contribution is 5.80. The number of rotatable bonds is 4. The number of benzene rings is 1. The molecule has 2 aromatic rings. The second-order valence-corrected chi connectivity index (χ2v) is 9.14. The zero-order chi connectivity index (χ0) is 20.6. The lowest BCUT2D eigenvalue weighted by Crippen LogP contribution is -2.50. The van der Waals surface area contributed by atoms with Gasteiger partial charge in [0.25, 0.3) is 0 Å². The van der Waals surface area contributed by atoms with Crippen LogP contribution in [0.3, 0.4) is 0 Å². The van der Waals surface area contributed by atoms with Crippen molar-refractivity contribution in [1.29, 1.82) is 0 Å². The van der Waals surface area contributed by atoms with Crippen molar-refractivity contribution in [2.24, 2.45) is 0 Å². The first-order chi connectivity index (χ1) is 13.8. The standard InChI is InChI=1S/C22H31N5O2/c1-22(2,3)29-21(28)26(4)16-8-7-13-27(14-16)20-19(23-15-11-12-15)24-17-9-5-6-10-18(17)25-20/h5-6,9-10,15-16H,7-8,11-14H2,1-4H3,(H,23,24)/t16-/m1/s1.